The van der Waals surface area contributed by atoms with E-state index in [0.29, 0.717) is 43.5 Å². The lowest BCUT2D eigenvalue weighted by Crippen LogP contribution is -2.48. The smallest absolute Gasteiger partial charge is 0.253 e. The molecular formula is C24H22N4O3. The fourth-order valence-electron chi connectivity index (χ4n) is 3.45. The van der Waals surface area contributed by atoms with Gasteiger partial charge in [0.15, 0.2) is 0 Å². The summed E-state index contributed by atoms with van der Waals surface area (Å²) in [6.45, 7) is 2.25. The van der Waals surface area contributed by atoms with Crippen LogP contribution in [0.15, 0.2) is 59.0 Å². The molecule has 2 heterocycles. The van der Waals surface area contributed by atoms with E-state index < -0.39 is 0 Å². The summed E-state index contributed by atoms with van der Waals surface area (Å²) in [6, 6.07) is 19.0. The fourth-order valence-corrected chi connectivity index (χ4v) is 3.45. The van der Waals surface area contributed by atoms with Crippen LogP contribution in [0.2, 0.25) is 0 Å². The second-order valence-electron chi connectivity index (χ2n) is 7.07. The van der Waals surface area contributed by atoms with Crippen molar-refractivity contribution in [3.8, 4) is 11.8 Å². The summed E-state index contributed by atoms with van der Waals surface area (Å²) in [5.74, 6) is 1.61. The van der Waals surface area contributed by atoms with E-state index in [9.17, 15) is 10.1 Å². The average molecular weight is 414 g/mol. The van der Waals surface area contributed by atoms with Crippen molar-refractivity contribution in [2.24, 2.45) is 0 Å². The van der Waals surface area contributed by atoms with Crippen LogP contribution >= 0.6 is 0 Å². The van der Waals surface area contributed by atoms with Crippen LogP contribution in [0.1, 0.15) is 27.5 Å². The van der Waals surface area contributed by atoms with E-state index in [4.69, 9.17) is 9.15 Å². The number of hydrogen-bond donors (Lipinski definition) is 0. The zero-order chi connectivity index (χ0) is 21.6. The number of piperazine rings is 1. The molecule has 0 radical (unpaired) electrons. The Morgan fingerprint density at radius 2 is 1.77 bits per heavy atom. The minimum absolute atomic E-state index is 0.0152. The fraction of sp³-hybridized carbons (Fsp3) is 0.208. The highest BCUT2D eigenvalue weighted by Gasteiger charge is 2.26. The Kier molecular flexibility index (Phi) is 5.99. The third-order valence-electron chi connectivity index (χ3n) is 5.14. The molecule has 0 N–H and O–H groups in total. The molecular weight excluding hydrogens is 392 g/mol. The summed E-state index contributed by atoms with van der Waals surface area (Å²) in [5, 5.41) is 9.49. The predicted octanol–water partition coefficient (Wildman–Crippen LogP) is 3.69. The van der Waals surface area contributed by atoms with Gasteiger partial charge in [-0.1, -0.05) is 30.3 Å². The number of aromatic nitrogens is 1. The molecule has 1 aromatic heterocycles. The number of rotatable bonds is 5. The van der Waals surface area contributed by atoms with E-state index in [0.717, 1.165) is 11.3 Å². The van der Waals surface area contributed by atoms with E-state index >= 15 is 0 Å². The molecule has 0 saturated carbocycles. The van der Waals surface area contributed by atoms with Crippen molar-refractivity contribution < 1.29 is 13.9 Å². The quantitative estimate of drug-likeness (QED) is 0.633. The molecule has 4 rings (SSSR count). The van der Waals surface area contributed by atoms with Crippen molar-refractivity contribution in [1.29, 1.82) is 5.26 Å². The molecule has 0 unspecified atom stereocenters. The second-order valence-corrected chi connectivity index (χ2v) is 7.07. The summed E-state index contributed by atoms with van der Waals surface area (Å²) >= 11 is 0. The summed E-state index contributed by atoms with van der Waals surface area (Å²) in [6.07, 6.45) is 3.61. The van der Waals surface area contributed by atoms with Crippen LogP contribution < -0.4 is 9.64 Å². The maximum absolute atomic E-state index is 12.6. The van der Waals surface area contributed by atoms with E-state index in [2.05, 4.69) is 11.1 Å². The normalized spacial score (nSPS) is 13.9. The minimum Gasteiger partial charge on any atom is -0.497 e. The topological polar surface area (TPSA) is 82.6 Å². The lowest BCUT2D eigenvalue weighted by Gasteiger charge is -2.34. The number of oxazole rings is 1. The molecule has 1 saturated heterocycles. The number of amides is 1. The van der Waals surface area contributed by atoms with Crippen LogP contribution in [-0.4, -0.2) is 49.1 Å². The van der Waals surface area contributed by atoms with Gasteiger partial charge in [-0.15, -0.1) is 0 Å². The Hall–Kier alpha value is -4.05. The van der Waals surface area contributed by atoms with Gasteiger partial charge >= 0.3 is 0 Å². The van der Waals surface area contributed by atoms with Crippen molar-refractivity contribution in [3.63, 3.8) is 0 Å². The number of nitriles is 1. The summed E-state index contributed by atoms with van der Waals surface area (Å²) in [7, 11) is 1.62. The molecule has 0 bridgehead atoms. The molecule has 1 aliphatic rings. The number of hydrogen-bond acceptors (Lipinski definition) is 6. The van der Waals surface area contributed by atoms with Crippen LogP contribution in [0.3, 0.4) is 0 Å². The molecule has 1 amide bonds. The molecule has 3 aromatic rings. The van der Waals surface area contributed by atoms with Crippen LogP contribution in [0.25, 0.3) is 12.2 Å². The molecule has 1 aliphatic heterocycles. The summed E-state index contributed by atoms with van der Waals surface area (Å²) in [5.41, 5.74) is 1.89. The van der Waals surface area contributed by atoms with E-state index in [-0.39, 0.29) is 11.6 Å². The molecule has 7 nitrogen and oxygen atoms in total. The number of benzene rings is 2. The monoisotopic (exact) mass is 414 g/mol. The van der Waals surface area contributed by atoms with Crippen molar-refractivity contribution in [2.75, 3.05) is 38.2 Å². The van der Waals surface area contributed by atoms with Crippen LogP contribution in [0.5, 0.6) is 5.75 Å². The Morgan fingerprint density at radius 1 is 1.06 bits per heavy atom. The molecule has 0 aliphatic carbocycles. The van der Waals surface area contributed by atoms with Crippen molar-refractivity contribution in [1.82, 2.24) is 9.88 Å². The maximum Gasteiger partial charge on any atom is 0.253 e. The molecule has 0 spiro atoms. The first-order chi connectivity index (χ1) is 15.2. The third kappa shape index (κ3) is 4.59. The number of nitrogens with zero attached hydrogens (tertiary/aromatic N) is 4. The first-order valence-electron chi connectivity index (χ1n) is 10.0. The number of anilines is 1. The third-order valence-corrected chi connectivity index (χ3v) is 5.14. The lowest BCUT2D eigenvalue weighted by atomic mass is 10.2. The molecule has 1 fully saturated rings. The van der Waals surface area contributed by atoms with Gasteiger partial charge in [-0.05, 0) is 35.9 Å². The highest BCUT2D eigenvalue weighted by atomic mass is 16.5. The Bertz CT molecular complexity index is 1110. The standard InChI is InChI=1S/C24H22N4O3/c1-30-20-10-7-18(8-11-20)9-12-22-26-21(17-25)24(31-22)28-15-13-27(14-16-28)23(29)19-5-3-2-4-6-19/h2-12H,13-16H2,1H3/b12-9+. The lowest BCUT2D eigenvalue weighted by molar-refractivity contribution is 0.0745. The molecule has 2 aromatic carbocycles. The summed E-state index contributed by atoms with van der Waals surface area (Å²) < 4.78 is 11.0. The number of ether oxygens (including phenoxy) is 1. The largest absolute Gasteiger partial charge is 0.497 e. The number of carbonyl (C=O) groups is 1. The van der Waals surface area contributed by atoms with Crippen molar-refractivity contribution in [3.05, 3.63) is 77.3 Å². The highest BCUT2D eigenvalue weighted by Crippen LogP contribution is 2.25. The van der Waals surface area contributed by atoms with Gasteiger partial charge in [0.1, 0.15) is 11.8 Å². The van der Waals surface area contributed by atoms with E-state index in [1.165, 1.54) is 0 Å². The Morgan fingerprint density at radius 3 is 2.42 bits per heavy atom. The first kappa shape index (κ1) is 20.2. The second kappa shape index (κ2) is 9.18. The van der Waals surface area contributed by atoms with Gasteiger partial charge < -0.3 is 19.0 Å². The van der Waals surface area contributed by atoms with Gasteiger partial charge in [0.2, 0.25) is 17.5 Å². The Balaban J connectivity index is 1.43. The molecule has 156 valence electrons. The van der Waals surface area contributed by atoms with Gasteiger partial charge in [-0.3, -0.25) is 4.79 Å². The molecule has 0 atom stereocenters. The predicted molar refractivity (Wildman–Crippen MR) is 118 cm³/mol. The summed E-state index contributed by atoms with van der Waals surface area (Å²) in [4.78, 5) is 20.7. The van der Waals surface area contributed by atoms with Gasteiger partial charge in [0.05, 0.1) is 7.11 Å². The minimum atomic E-state index is 0.0152. The number of carbonyl (C=O) groups excluding carboxylic acids is 1. The van der Waals surface area contributed by atoms with Crippen molar-refractivity contribution in [2.45, 2.75) is 0 Å². The zero-order valence-electron chi connectivity index (χ0n) is 17.2. The molecule has 7 heteroatoms. The van der Waals surface area contributed by atoms with Gasteiger partial charge in [-0.2, -0.15) is 10.2 Å². The SMILES string of the molecule is COc1ccc(/C=C/c2nc(C#N)c(N3CCN(C(=O)c4ccccc4)CC3)o2)cc1. The van der Waals surface area contributed by atoms with E-state index in [1.54, 1.807) is 13.2 Å². The van der Waals surface area contributed by atoms with E-state index in [1.807, 2.05) is 70.5 Å². The van der Waals surface area contributed by atoms with Gasteiger partial charge in [0, 0.05) is 37.8 Å². The Labute approximate surface area is 180 Å². The van der Waals surface area contributed by atoms with Gasteiger partial charge in [0.25, 0.3) is 5.91 Å². The highest BCUT2D eigenvalue weighted by molar-refractivity contribution is 5.94. The molecule has 31 heavy (non-hydrogen) atoms. The van der Waals surface area contributed by atoms with Crippen molar-refractivity contribution >= 4 is 23.9 Å². The van der Waals surface area contributed by atoms with Gasteiger partial charge in [-0.25, -0.2) is 0 Å². The maximum atomic E-state index is 12.6. The van der Waals surface area contributed by atoms with Crippen LogP contribution in [0.4, 0.5) is 5.88 Å². The first-order valence-corrected chi connectivity index (χ1v) is 10.0. The number of methoxy groups -OCH3 is 1. The average Bonchev–Trinajstić information content (AvgIpc) is 3.26. The van der Waals surface area contributed by atoms with Crippen LogP contribution in [-0.2, 0) is 0 Å². The van der Waals surface area contributed by atoms with Crippen LogP contribution in [0, 0.1) is 11.3 Å². The zero-order valence-corrected chi connectivity index (χ0v) is 17.2.